The van der Waals surface area contributed by atoms with Crippen LogP contribution in [0.15, 0.2) is 29.2 Å². The third-order valence-corrected chi connectivity index (χ3v) is 6.61. The van der Waals surface area contributed by atoms with Gasteiger partial charge < -0.3 is 0 Å². The lowest BCUT2D eigenvalue weighted by atomic mass is 9.91. The molecule has 2 fully saturated rings. The number of piperidine rings is 1. The summed E-state index contributed by atoms with van der Waals surface area (Å²) in [6.07, 6.45) is 0.812. The van der Waals surface area contributed by atoms with Gasteiger partial charge in [-0.15, -0.1) is 0 Å². The minimum atomic E-state index is -3.42. The second-order valence-electron chi connectivity index (χ2n) is 6.14. The van der Waals surface area contributed by atoms with Crippen molar-refractivity contribution < 1.29 is 13.3 Å². The zero-order valence-corrected chi connectivity index (χ0v) is 13.5. The minimum Gasteiger partial charge on any atom is -0.299 e. The van der Waals surface area contributed by atoms with Crippen LogP contribution in [0.5, 0.6) is 0 Å². The van der Waals surface area contributed by atoms with Crippen molar-refractivity contribution in [2.45, 2.75) is 37.2 Å². The molecule has 6 heteroatoms. The van der Waals surface area contributed by atoms with Crippen molar-refractivity contribution in [1.29, 1.82) is 0 Å². The summed E-state index contributed by atoms with van der Waals surface area (Å²) >= 11 is 0. The first-order valence-corrected chi connectivity index (χ1v) is 8.78. The largest absolute Gasteiger partial charge is 0.299 e. The van der Waals surface area contributed by atoms with Gasteiger partial charge in [-0.3, -0.25) is 4.84 Å². The van der Waals surface area contributed by atoms with E-state index < -0.39 is 10.0 Å². The Morgan fingerprint density at radius 1 is 1.24 bits per heavy atom. The molecular weight excluding hydrogens is 288 g/mol. The summed E-state index contributed by atoms with van der Waals surface area (Å²) in [5, 5.41) is 1.89. The first-order valence-electron chi connectivity index (χ1n) is 7.34. The molecule has 1 aromatic rings. The zero-order chi connectivity index (χ0) is 15.2. The molecule has 0 aromatic heterocycles. The Balaban J connectivity index is 1.87. The Hall–Kier alpha value is -0.950. The van der Waals surface area contributed by atoms with Crippen molar-refractivity contribution in [2.24, 2.45) is 5.92 Å². The van der Waals surface area contributed by atoms with E-state index in [-0.39, 0.29) is 12.0 Å². The Kier molecular flexibility index (Phi) is 3.81. The van der Waals surface area contributed by atoms with Crippen LogP contribution in [0.3, 0.4) is 0 Å². The first-order chi connectivity index (χ1) is 9.89. The van der Waals surface area contributed by atoms with Crippen LogP contribution in [0, 0.1) is 12.8 Å². The molecule has 0 spiro atoms. The molecule has 5 nitrogen and oxygen atoms in total. The van der Waals surface area contributed by atoms with Gasteiger partial charge in [0, 0.05) is 31.6 Å². The topological polar surface area (TPSA) is 49.9 Å². The molecule has 0 radical (unpaired) electrons. The molecule has 0 amide bonds. The Labute approximate surface area is 126 Å². The average Bonchev–Trinajstić information content (AvgIpc) is 2.79. The van der Waals surface area contributed by atoms with Crippen LogP contribution in [0.2, 0.25) is 0 Å². The zero-order valence-electron chi connectivity index (χ0n) is 12.7. The monoisotopic (exact) mass is 310 g/mol. The van der Waals surface area contributed by atoms with Crippen LogP contribution in [-0.4, -0.2) is 50.1 Å². The van der Waals surface area contributed by atoms with E-state index in [1.54, 1.807) is 16.4 Å². The lowest BCUT2D eigenvalue weighted by Gasteiger charge is -2.39. The normalized spacial score (nSPS) is 31.3. The molecule has 2 heterocycles. The highest BCUT2D eigenvalue weighted by Gasteiger charge is 2.44. The fourth-order valence-electron chi connectivity index (χ4n) is 3.29. The van der Waals surface area contributed by atoms with Crippen molar-refractivity contribution in [3.05, 3.63) is 29.8 Å². The highest BCUT2D eigenvalue weighted by atomic mass is 32.2. The standard InChI is InChI=1S/C15H22N2O3S/c1-11-4-6-14(7-5-11)21(18,19)17-9-13-10-20-16(3)15(13)8-12(17)2/h4-7,12-13,15H,8-10H2,1-3H3/t12-,13+,15+/m0/s1. The van der Waals surface area contributed by atoms with E-state index in [4.69, 9.17) is 4.84 Å². The molecule has 0 unspecified atom stereocenters. The molecule has 21 heavy (non-hydrogen) atoms. The van der Waals surface area contributed by atoms with Gasteiger partial charge in [-0.2, -0.15) is 9.37 Å². The van der Waals surface area contributed by atoms with Gasteiger partial charge in [-0.05, 0) is 32.4 Å². The summed E-state index contributed by atoms with van der Waals surface area (Å²) in [4.78, 5) is 5.92. The lowest BCUT2D eigenvalue weighted by Crippen LogP contribution is -2.52. The van der Waals surface area contributed by atoms with Gasteiger partial charge in [0.1, 0.15) is 0 Å². The second kappa shape index (κ2) is 5.35. The number of sulfonamides is 1. The van der Waals surface area contributed by atoms with Crippen LogP contribution in [-0.2, 0) is 14.9 Å². The number of hydrogen-bond donors (Lipinski definition) is 0. The van der Waals surface area contributed by atoms with Crippen LogP contribution in [0.4, 0.5) is 0 Å². The summed E-state index contributed by atoms with van der Waals surface area (Å²) < 4.78 is 27.3. The number of fused-ring (bicyclic) bond motifs is 1. The quantitative estimate of drug-likeness (QED) is 0.833. The van der Waals surface area contributed by atoms with Crippen molar-refractivity contribution in [3.8, 4) is 0 Å². The van der Waals surface area contributed by atoms with Crippen molar-refractivity contribution >= 4 is 10.0 Å². The van der Waals surface area contributed by atoms with Crippen LogP contribution >= 0.6 is 0 Å². The van der Waals surface area contributed by atoms with Gasteiger partial charge in [0.25, 0.3) is 0 Å². The van der Waals surface area contributed by atoms with Gasteiger partial charge in [0.2, 0.25) is 10.0 Å². The maximum Gasteiger partial charge on any atom is 0.243 e. The van der Waals surface area contributed by atoms with Gasteiger partial charge in [0.15, 0.2) is 0 Å². The summed E-state index contributed by atoms with van der Waals surface area (Å²) in [5.41, 5.74) is 1.06. The molecule has 0 bridgehead atoms. The number of hydrogen-bond acceptors (Lipinski definition) is 4. The number of nitrogens with zero attached hydrogens (tertiary/aromatic N) is 2. The van der Waals surface area contributed by atoms with Gasteiger partial charge >= 0.3 is 0 Å². The molecule has 2 aliphatic rings. The fourth-order valence-corrected chi connectivity index (χ4v) is 4.99. The summed E-state index contributed by atoms with van der Waals surface area (Å²) in [5.74, 6) is 0.256. The molecule has 0 N–H and O–H groups in total. The highest BCUT2D eigenvalue weighted by Crippen LogP contribution is 2.34. The third-order valence-electron chi connectivity index (χ3n) is 4.62. The summed E-state index contributed by atoms with van der Waals surface area (Å²) in [6.45, 7) is 5.07. The van der Waals surface area contributed by atoms with Gasteiger partial charge in [-0.1, -0.05) is 17.7 Å². The molecule has 3 atom stereocenters. The number of aryl methyl sites for hydroxylation is 1. The predicted molar refractivity (Wildman–Crippen MR) is 80.1 cm³/mol. The maximum absolute atomic E-state index is 12.9. The van der Waals surface area contributed by atoms with E-state index in [9.17, 15) is 8.42 Å². The number of rotatable bonds is 2. The number of hydroxylamine groups is 2. The maximum atomic E-state index is 12.9. The first kappa shape index (κ1) is 15.0. The SMILES string of the molecule is Cc1ccc(S(=O)(=O)N2C[C@@H]3CON(C)[C@@H]3C[C@@H]2C)cc1. The molecular formula is C15H22N2O3S. The summed E-state index contributed by atoms with van der Waals surface area (Å²) in [7, 11) is -1.49. The van der Waals surface area contributed by atoms with Crippen molar-refractivity contribution in [2.75, 3.05) is 20.2 Å². The van der Waals surface area contributed by atoms with Gasteiger partial charge in [-0.25, -0.2) is 8.42 Å². The van der Waals surface area contributed by atoms with E-state index in [1.165, 1.54) is 0 Å². The molecule has 2 saturated heterocycles. The summed E-state index contributed by atoms with van der Waals surface area (Å²) in [6, 6.07) is 7.39. The lowest BCUT2D eigenvalue weighted by molar-refractivity contribution is -0.112. The Morgan fingerprint density at radius 2 is 1.90 bits per heavy atom. The minimum absolute atomic E-state index is 0.0123. The van der Waals surface area contributed by atoms with E-state index in [0.717, 1.165) is 12.0 Å². The molecule has 116 valence electrons. The second-order valence-corrected chi connectivity index (χ2v) is 8.03. The third kappa shape index (κ3) is 2.61. The van der Waals surface area contributed by atoms with Crippen LogP contribution < -0.4 is 0 Å². The van der Waals surface area contributed by atoms with E-state index >= 15 is 0 Å². The number of benzene rings is 1. The molecule has 0 aliphatic carbocycles. The van der Waals surface area contributed by atoms with E-state index in [0.29, 0.717) is 24.1 Å². The smallest absolute Gasteiger partial charge is 0.243 e. The van der Waals surface area contributed by atoms with E-state index in [1.807, 2.05) is 38.1 Å². The molecule has 0 saturated carbocycles. The fraction of sp³-hybridized carbons (Fsp3) is 0.600. The Bertz CT molecular complexity index is 614. The van der Waals surface area contributed by atoms with Gasteiger partial charge in [0.05, 0.1) is 11.5 Å². The predicted octanol–water partition coefficient (Wildman–Crippen LogP) is 1.64. The van der Waals surface area contributed by atoms with Crippen LogP contribution in [0.25, 0.3) is 0 Å². The Morgan fingerprint density at radius 3 is 2.57 bits per heavy atom. The molecule has 2 aliphatic heterocycles. The van der Waals surface area contributed by atoms with Crippen LogP contribution in [0.1, 0.15) is 18.9 Å². The van der Waals surface area contributed by atoms with Crippen molar-refractivity contribution in [3.63, 3.8) is 0 Å². The van der Waals surface area contributed by atoms with E-state index in [2.05, 4.69) is 0 Å². The molecule has 3 rings (SSSR count). The average molecular weight is 310 g/mol. The van der Waals surface area contributed by atoms with Crippen molar-refractivity contribution in [1.82, 2.24) is 9.37 Å². The highest BCUT2D eigenvalue weighted by molar-refractivity contribution is 7.89. The molecule has 1 aromatic carbocycles.